The zero-order valence-corrected chi connectivity index (χ0v) is 10.0. The van der Waals surface area contributed by atoms with Gasteiger partial charge in [-0.3, -0.25) is 4.98 Å². The van der Waals surface area contributed by atoms with Crippen molar-refractivity contribution < 1.29 is 4.52 Å². The van der Waals surface area contributed by atoms with E-state index in [1.54, 1.807) is 30.7 Å². The highest BCUT2D eigenvalue weighted by Crippen LogP contribution is 2.21. The van der Waals surface area contributed by atoms with E-state index in [9.17, 15) is 0 Å². The Bertz CT molecular complexity index is 680. The number of hydrogen-bond donors (Lipinski definition) is 1. The van der Waals surface area contributed by atoms with E-state index in [1.807, 2.05) is 12.1 Å². The second kappa shape index (κ2) is 4.85. The van der Waals surface area contributed by atoms with E-state index in [2.05, 4.69) is 20.1 Å². The molecule has 0 saturated heterocycles. The second-order valence-electron chi connectivity index (χ2n) is 4.00. The first-order chi connectivity index (χ1) is 9.33. The van der Waals surface area contributed by atoms with Gasteiger partial charge in [0.15, 0.2) is 11.5 Å². The Morgan fingerprint density at radius 3 is 2.84 bits per heavy atom. The zero-order chi connectivity index (χ0) is 13.1. The average molecular weight is 253 g/mol. The summed E-state index contributed by atoms with van der Waals surface area (Å²) in [6.45, 7) is 0. The first-order valence-corrected chi connectivity index (χ1v) is 5.75. The fraction of sp³-hybridized carbons (Fsp3) is 0.0769. The summed E-state index contributed by atoms with van der Waals surface area (Å²) < 4.78 is 5.18. The molecule has 0 aliphatic rings. The normalized spacial score (nSPS) is 10.5. The van der Waals surface area contributed by atoms with Crippen LogP contribution in [0.4, 0.5) is 5.69 Å². The van der Waals surface area contributed by atoms with Gasteiger partial charge < -0.3 is 10.3 Å². The summed E-state index contributed by atoms with van der Waals surface area (Å²) in [5.74, 6) is 0.907. The quantitative estimate of drug-likeness (QED) is 0.763. The molecule has 3 rings (SSSR count). The lowest BCUT2D eigenvalue weighted by atomic mass is 10.2. The van der Waals surface area contributed by atoms with Crippen LogP contribution in [0, 0.1) is 0 Å². The number of anilines is 1. The molecule has 0 fully saturated rings. The third kappa shape index (κ3) is 2.42. The fourth-order valence-corrected chi connectivity index (χ4v) is 1.70. The average Bonchev–Trinajstić information content (AvgIpc) is 2.89. The topological polar surface area (TPSA) is 90.7 Å². The van der Waals surface area contributed by atoms with E-state index in [0.29, 0.717) is 29.5 Å². The van der Waals surface area contributed by atoms with Crippen LogP contribution in [0.1, 0.15) is 11.4 Å². The number of nitrogens with two attached hydrogens (primary N) is 1. The number of aromatic nitrogens is 4. The molecule has 0 aromatic carbocycles. The highest BCUT2D eigenvalue weighted by atomic mass is 16.5. The molecule has 3 aromatic heterocycles. The number of rotatable bonds is 3. The second-order valence-corrected chi connectivity index (χ2v) is 4.00. The SMILES string of the molecule is Nc1cccnc1-c1nc(Cc2cccnc2)no1. The van der Waals surface area contributed by atoms with Crippen LogP contribution >= 0.6 is 0 Å². The van der Waals surface area contributed by atoms with Crippen LogP contribution in [-0.2, 0) is 6.42 Å². The Balaban J connectivity index is 1.86. The predicted molar refractivity (Wildman–Crippen MR) is 69.0 cm³/mol. The highest BCUT2D eigenvalue weighted by molar-refractivity contribution is 5.65. The van der Waals surface area contributed by atoms with Gasteiger partial charge in [-0.25, -0.2) is 4.98 Å². The molecule has 0 spiro atoms. The van der Waals surface area contributed by atoms with Crippen molar-refractivity contribution in [3.05, 3.63) is 54.2 Å². The molecule has 3 heterocycles. The molecule has 0 atom stereocenters. The van der Waals surface area contributed by atoms with Crippen molar-refractivity contribution in [3.63, 3.8) is 0 Å². The first kappa shape index (κ1) is 11.3. The van der Waals surface area contributed by atoms with Crippen molar-refractivity contribution in [1.82, 2.24) is 20.1 Å². The summed E-state index contributed by atoms with van der Waals surface area (Å²) >= 11 is 0. The van der Waals surface area contributed by atoms with Crippen molar-refractivity contribution >= 4 is 5.69 Å². The largest absolute Gasteiger partial charge is 0.397 e. The molecule has 0 aliphatic carbocycles. The van der Waals surface area contributed by atoms with E-state index in [4.69, 9.17) is 10.3 Å². The van der Waals surface area contributed by atoms with Gasteiger partial charge in [0.2, 0.25) is 0 Å². The van der Waals surface area contributed by atoms with Crippen LogP contribution in [0.2, 0.25) is 0 Å². The van der Waals surface area contributed by atoms with Gasteiger partial charge in [-0.15, -0.1) is 0 Å². The Kier molecular flexibility index (Phi) is 2.89. The Labute approximate surface area is 109 Å². The third-order valence-corrected chi connectivity index (χ3v) is 2.59. The highest BCUT2D eigenvalue weighted by Gasteiger charge is 2.12. The van der Waals surface area contributed by atoms with E-state index < -0.39 is 0 Å². The van der Waals surface area contributed by atoms with Gasteiger partial charge >= 0.3 is 0 Å². The molecular formula is C13H11N5O. The fourth-order valence-electron chi connectivity index (χ4n) is 1.70. The minimum absolute atomic E-state index is 0.331. The van der Waals surface area contributed by atoms with Gasteiger partial charge in [0, 0.05) is 25.0 Å². The number of nitrogens with zero attached hydrogens (tertiary/aromatic N) is 4. The van der Waals surface area contributed by atoms with Crippen LogP contribution < -0.4 is 5.73 Å². The maximum atomic E-state index is 5.81. The summed E-state index contributed by atoms with van der Waals surface area (Å²) in [5.41, 5.74) is 7.85. The molecule has 0 unspecified atom stereocenters. The lowest BCUT2D eigenvalue weighted by Crippen LogP contribution is -1.94. The van der Waals surface area contributed by atoms with Crippen molar-refractivity contribution in [3.8, 4) is 11.6 Å². The van der Waals surface area contributed by atoms with Gasteiger partial charge in [-0.2, -0.15) is 4.98 Å². The third-order valence-electron chi connectivity index (χ3n) is 2.59. The maximum absolute atomic E-state index is 5.81. The van der Waals surface area contributed by atoms with Gasteiger partial charge in [0.25, 0.3) is 5.89 Å². The van der Waals surface area contributed by atoms with Crippen LogP contribution in [-0.4, -0.2) is 20.1 Å². The van der Waals surface area contributed by atoms with E-state index >= 15 is 0 Å². The van der Waals surface area contributed by atoms with Gasteiger partial charge in [-0.05, 0) is 23.8 Å². The van der Waals surface area contributed by atoms with E-state index in [0.717, 1.165) is 5.56 Å². The zero-order valence-electron chi connectivity index (χ0n) is 10.0. The molecule has 6 heteroatoms. The van der Waals surface area contributed by atoms with Crippen LogP contribution in [0.15, 0.2) is 47.4 Å². The molecular weight excluding hydrogens is 242 g/mol. The first-order valence-electron chi connectivity index (χ1n) is 5.75. The van der Waals surface area contributed by atoms with Crippen LogP contribution in [0.25, 0.3) is 11.6 Å². The molecule has 3 aromatic rings. The lowest BCUT2D eigenvalue weighted by molar-refractivity contribution is 0.423. The van der Waals surface area contributed by atoms with Crippen LogP contribution in [0.5, 0.6) is 0 Å². The molecule has 94 valence electrons. The minimum Gasteiger partial charge on any atom is -0.397 e. The number of pyridine rings is 2. The summed E-state index contributed by atoms with van der Waals surface area (Å²) in [4.78, 5) is 12.5. The monoisotopic (exact) mass is 253 g/mol. The molecule has 0 radical (unpaired) electrons. The van der Waals surface area contributed by atoms with Crippen LogP contribution in [0.3, 0.4) is 0 Å². The summed E-state index contributed by atoms with van der Waals surface area (Å²) in [6, 6.07) is 7.32. The number of nitrogen functional groups attached to an aromatic ring is 1. The Morgan fingerprint density at radius 2 is 2.05 bits per heavy atom. The summed E-state index contributed by atoms with van der Waals surface area (Å²) in [6.07, 6.45) is 5.69. The molecule has 0 bridgehead atoms. The van der Waals surface area contributed by atoms with Gasteiger partial charge in [0.1, 0.15) is 0 Å². The van der Waals surface area contributed by atoms with Crippen molar-refractivity contribution in [1.29, 1.82) is 0 Å². The predicted octanol–water partition coefficient (Wildman–Crippen LogP) is 1.70. The Morgan fingerprint density at radius 1 is 1.16 bits per heavy atom. The van der Waals surface area contributed by atoms with Crippen molar-refractivity contribution in [2.75, 3.05) is 5.73 Å². The molecule has 0 amide bonds. The molecule has 2 N–H and O–H groups in total. The summed E-state index contributed by atoms with van der Waals surface area (Å²) in [7, 11) is 0. The van der Waals surface area contributed by atoms with Crippen molar-refractivity contribution in [2.24, 2.45) is 0 Å². The molecule has 0 aliphatic heterocycles. The molecule has 6 nitrogen and oxygen atoms in total. The number of hydrogen-bond acceptors (Lipinski definition) is 6. The molecule has 19 heavy (non-hydrogen) atoms. The van der Waals surface area contributed by atoms with E-state index in [1.165, 1.54) is 0 Å². The van der Waals surface area contributed by atoms with Gasteiger partial charge in [-0.1, -0.05) is 11.2 Å². The van der Waals surface area contributed by atoms with E-state index in [-0.39, 0.29) is 0 Å². The smallest absolute Gasteiger partial charge is 0.278 e. The standard InChI is InChI=1S/C13H11N5O/c14-10-4-2-6-16-12(10)13-17-11(18-19-13)7-9-3-1-5-15-8-9/h1-6,8H,7,14H2. The van der Waals surface area contributed by atoms with Gasteiger partial charge in [0.05, 0.1) is 5.69 Å². The Hall–Kier alpha value is -2.76. The maximum Gasteiger partial charge on any atom is 0.278 e. The molecule has 0 saturated carbocycles. The minimum atomic E-state index is 0.331. The lowest BCUT2D eigenvalue weighted by Gasteiger charge is -1.96. The van der Waals surface area contributed by atoms with Crippen molar-refractivity contribution in [2.45, 2.75) is 6.42 Å². The summed E-state index contributed by atoms with van der Waals surface area (Å²) in [5, 5.41) is 3.92.